The van der Waals surface area contributed by atoms with Gasteiger partial charge in [-0.05, 0) is 37.9 Å². The molecule has 0 aliphatic heterocycles. The molecule has 0 saturated carbocycles. The second-order valence-corrected chi connectivity index (χ2v) is 8.04. The fourth-order valence-corrected chi connectivity index (χ4v) is 4.10. The molecule has 1 aromatic carbocycles. The maximum absolute atomic E-state index is 12.8. The molecule has 0 bridgehead atoms. The summed E-state index contributed by atoms with van der Waals surface area (Å²) >= 11 is 0. The minimum atomic E-state index is -0.00291. The van der Waals surface area contributed by atoms with Crippen molar-refractivity contribution in [1.82, 2.24) is 24.9 Å². The Balaban J connectivity index is 1.76. The van der Waals surface area contributed by atoms with Crippen molar-refractivity contribution in [1.29, 1.82) is 0 Å². The van der Waals surface area contributed by atoms with E-state index < -0.39 is 0 Å². The molecule has 6 nitrogen and oxygen atoms in total. The van der Waals surface area contributed by atoms with E-state index in [-0.39, 0.29) is 5.91 Å². The standard InChI is InChI=1S/C23H35N5O/c1-5-27(6-2)15-14-24-19-12-13-21-20(16-19)22(23(29)26(3)4)25-28(21)17-18-10-8-7-9-11-18/h7-11,19,24H,5-6,12-17H2,1-4H3. The van der Waals surface area contributed by atoms with Crippen molar-refractivity contribution < 1.29 is 4.79 Å². The Bertz CT molecular complexity index is 795. The van der Waals surface area contributed by atoms with E-state index in [0.717, 1.165) is 51.0 Å². The number of aromatic nitrogens is 2. The summed E-state index contributed by atoms with van der Waals surface area (Å²) in [5.74, 6) is -0.00291. The number of nitrogens with zero attached hydrogens (tertiary/aromatic N) is 4. The van der Waals surface area contributed by atoms with Gasteiger partial charge in [0.25, 0.3) is 5.91 Å². The predicted octanol–water partition coefficient (Wildman–Crippen LogP) is 2.42. The van der Waals surface area contributed by atoms with Gasteiger partial charge in [0.2, 0.25) is 0 Å². The zero-order chi connectivity index (χ0) is 20.8. The van der Waals surface area contributed by atoms with Crippen LogP contribution in [0.3, 0.4) is 0 Å². The number of likely N-dealkylation sites (N-methyl/N-ethyl adjacent to an activating group) is 1. The zero-order valence-electron chi connectivity index (χ0n) is 18.3. The zero-order valence-corrected chi connectivity index (χ0v) is 18.3. The third-order valence-corrected chi connectivity index (χ3v) is 5.89. The van der Waals surface area contributed by atoms with Gasteiger partial charge in [0, 0.05) is 44.5 Å². The Kier molecular flexibility index (Phi) is 7.45. The van der Waals surface area contributed by atoms with E-state index in [9.17, 15) is 4.79 Å². The highest BCUT2D eigenvalue weighted by Gasteiger charge is 2.29. The molecule has 1 aromatic heterocycles. The lowest BCUT2D eigenvalue weighted by Gasteiger charge is -2.26. The Morgan fingerprint density at radius 3 is 2.59 bits per heavy atom. The second kappa shape index (κ2) is 10.0. The predicted molar refractivity (Wildman–Crippen MR) is 117 cm³/mol. The first-order chi connectivity index (χ1) is 14.0. The summed E-state index contributed by atoms with van der Waals surface area (Å²) in [5, 5.41) is 8.48. The number of rotatable bonds is 9. The minimum Gasteiger partial charge on any atom is -0.343 e. The maximum Gasteiger partial charge on any atom is 0.274 e. The number of benzene rings is 1. The van der Waals surface area contributed by atoms with E-state index in [1.54, 1.807) is 19.0 Å². The first kappa shape index (κ1) is 21.5. The van der Waals surface area contributed by atoms with Crippen molar-refractivity contribution in [2.75, 3.05) is 40.3 Å². The van der Waals surface area contributed by atoms with Crippen LogP contribution in [0.2, 0.25) is 0 Å². The average Bonchev–Trinajstić information content (AvgIpc) is 3.09. The van der Waals surface area contributed by atoms with Gasteiger partial charge in [-0.2, -0.15) is 5.10 Å². The van der Waals surface area contributed by atoms with E-state index in [0.29, 0.717) is 18.3 Å². The Morgan fingerprint density at radius 2 is 1.93 bits per heavy atom. The summed E-state index contributed by atoms with van der Waals surface area (Å²) in [6.07, 6.45) is 2.91. The fourth-order valence-electron chi connectivity index (χ4n) is 4.10. The molecule has 1 unspecified atom stereocenters. The molecule has 3 rings (SSSR count). The SMILES string of the molecule is CCN(CC)CCNC1CCc2c(c(C(=O)N(C)C)nn2Cc2ccccc2)C1. The van der Waals surface area contributed by atoms with Gasteiger partial charge < -0.3 is 15.1 Å². The lowest BCUT2D eigenvalue weighted by Crippen LogP contribution is -2.40. The van der Waals surface area contributed by atoms with E-state index in [2.05, 4.69) is 36.2 Å². The van der Waals surface area contributed by atoms with Gasteiger partial charge in [0.15, 0.2) is 5.69 Å². The summed E-state index contributed by atoms with van der Waals surface area (Å²) in [7, 11) is 3.60. The van der Waals surface area contributed by atoms with Crippen molar-refractivity contribution >= 4 is 5.91 Å². The summed E-state index contributed by atoms with van der Waals surface area (Å²) in [6, 6.07) is 10.8. The third kappa shape index (κ3) is 5.25. The molecule has 1 N–H and O–H groups in total. The summed E-state index contributed by atoms with van der Waals surface area (Å²) < 4.78 is 2.05. The second-order valence-electron chi connectivity index (χ2n) is 8.04. The molecule has 0 saturated heterocycles. The number of nitrogens with one attached hydrogen (secondary N) is 1. The molecule has 2 aromatic rings. The van der Waals surface area contributed by atoms with Crippen molar-refractivity contribution in [3.8, 4) is 0 Å². The first-order valence-corrected chi connectivity index (χ1v) is 10.8. The Morgan fingerprint density at radius 1 is 1.21 bits per heavy atom. The van der Waals surface area contributed by atoms with E-state index >= 15 is 0 Å². The quantitative estimate of drug-likeness (QED) is 0.706. The van der Waals surface area contributed by atoms with Crippen molar-refractivity contribution in [3.63, 3.8) is 0 Å². The van der Waals surface area contributed by atoms with E-state index in [1.165, 1.54) is 11.3 Å². The fraction of sp³-hybridized carbons (Fsp3) is 0.565. The monoisotopic (exact) mass is 397 g/mol. The van der Waals surface area contributed by atoms with Crippen LogP contribution in [0.5, 0.6) is 0 Å². The minimum absolute atomic E-state index is 0.00291. The van der Waals surface area contributed by atoms with Crippen LogP contribution in [-0.4, -0.2) is 71.8 Å². The molecular formula is C23H35N5O. The van der Waals surface area contributed by atoms with Gasteiger partial charge in [-0.25, -0.2) is 0 Å². The lowest BCUT2D eigenvalue weighted by molar-refractivity contribution is 0.0820. The summed E-state index contributed by atoms with van der Waals surface area (Å²) in [6.45, 7) is 9.34. The molecule has 1 heterocycles. The van der Waals surface area contributed by atoms with E-state index in [1.807, 2.05) is 22.9 Å². The number of amides is 1. The number of hydrogen-bond acceptors (Lipinski definition) is 4. The molecule has 1 aliphatic carbocycles. The van der Waals surface area contributed by atoms with Crippen molar-refractivity contribution in [3.05, 3.63) is 52.8 Å². The van der Waals surface area contributed by atoms with Crippen LogP contribution >= 0.6 is 0 Å². The normalized spacial score (nSPS) is 16.1. The molecule has 29 heavy (non-hydrogen) atoms. The lowest BCUT2D eigenvalue weighted by atomic mass is 9.91. The van der Waals surface area contributed by atoms with E-state index in [4.69, 9.17) is 5.10 Å². The van der Waals surface area contributed by atoms with Crippen molar-refractivity contribution in [2.24, 2.45) is 0 Å². The van der Waals surface area contributed by atoms with Crippen LogP contribution in [0, 0.1) is 0 Å². The highest BCUT2D eigenvalue weighted by atomic mass is 16.2. The smallest absolute Gasteiger partial charge is 0.274 e. The van der Waals surface area contributed by atoms with Gasteiger partial charge in [0.1, 0.15) is 0 Å². The van der Waals surface area contributed by atoms with Gasteiger partial charge in [-0.15, -0.1) is 0 Å². The molecule has 6 heteroatoms. The van der Waals surface area contributed by atoms with Crippen LogP contribution in [-0.2, 0) is 19.4 Å². The molecular weight excluding hydrogens is 362 g/mol. The third-order valence-electron chi connectivity index (χ3n) is 5.89. The molecule has 1 aliphatic rings. The first-order valence-electron chi connectivity index (χ1n) is 10.8. The molecule has 158 valence electrons. The molecule has 0 fully saturated rings. The van der Waals surface area contributed by atoms with Gasteiger partial charge in [-0.3, -0.25) is 9.48 Å². The largest absolute Gasteiger partial charge is 0.343 e. The molecule has 1 amide bonds. The number of carbonyl (C=O) groups excluding carboxylic acids is 1. The summed E-state index contributed by atoms with van der Waals surface area (Å²) in [5.41, 5.74) is 4.18. The summed E-state index contributed by atoms with van der Waals surface area (Å²) in [4.78, 5) is 16.9. The van der Waals surface area contributed by atoms with Crippen molar-refractivity contribution in [2.45, 2.75) is 45.7 Å². The maximum atomic E-state index is 12.8. The Hall–Kier alpha value is -2.18. The van der Waals surface area contributed by atoms with Gasteiger partial charge in [-0.1, -0.05) is 44.2 Å². The van der Waals surface area contributed by atoms with Crippen LogP contribution in [0.25, 0.3) is 0 Å². The highest BCUT2D eigenvalue weighted by Crippen LogP contribution is 2.26. The van der Waals surface area contributed by atoms with Crippen LogP contribution in [0.15, 0.2) is 30.3 Å². The average molecular weight is 398 g/mol. The number of hydrogen-bond donors (Lipinski definition) is 1. The molecule has 0 spiro atoms. The number of fused-ring (bicyclic) bond motifs is 1. The van der Waals surface area contributed by atoms with Crippen LogP contribution in [0.4, 0.5) is 0 Å². The van der Waals surface area contributed by atoms with Gasteiger partial charge in [0.05, 0.1) is 6.54 Å². The molecule has 0 radical (unpaired) electrons. The van der Waals surface area contributed by atoms with Gasteiger partial charge >= 0.3 is 0 Å². The highest BCUT2D eigenvalue weighted by molar-refractivity contribution is 5.93. The molecule has 1 atom stereocenters. The topological polar surface area (TPSA) is 53.4 Å². The van der Waals surface area contributed by atoms with Crippen LogP contribution in [0.1, 0.15) is 47.6 Å². The number of carbonyl (C=O) groups is 1. The van der Waals surface area contributed by atoms with Crippen LogP contribution < -0.4 is 5.32 Å². The Labute approximate surface area is 174 Å².